The molecule has 0 aliphatic carbocycles. The molecule has 0 bridgehead atoms. The lowest BCUT2D eigenvalue weighted by Crippen LogP contribution is -2.20. The van der Waals surface area contributed by atoms with E-state index in [-0.39, 0.29) is 11.8 Å². The van der Waals surface area contributed by atoms with Gasteiger partial charge >= 0.3 is 0 Å². The number of aryl methyl sites for hydroxylation is 1. The van der Waals surface area contributed by atoms with Gasteiger partial charge in [0, 0.05) is 12.2 Å². The Hall–Kier alpha value is -2.82. The van der Waals surface area contributed by atoms with Crippen molar-refractivity contribution >= 4 is 17.5 Å². The lowest BCUT2D eigenvalue weighted by Gasteiger charge is -2.10. The van der Waals surface area contributed by atoms with Gasteiger partial charge in [-0.3, -0.25) is 14.9 Å². The number of hydrogen-bond acceptors (Lipinski definition) is 4. The molecule has 2 aromatic rings. The summed E-state index contributed by atoms with van der Waals surface area (Å²) < 4.78 is 0. The SMILES string of the molecule is O=C1NC(=O)c2c(NCCCc3ccccc3O)cccc21. The second kappa shape index (κ2) is 5.89. The Labute approximate surface area is 128 Å². The number of phenols is 1. The first-order valence-corrected chi connectivity index (χ1v) is 7.16. The van der Waals surface area contributed by atoms with Gasteiger partial charge in [0.05, 0.1) is 11.1 Å². The Balaban J connectivity index is 1.63. The van der Waals surface area contributed by atoms with Crippen LogP contribution in [0.5, 0.6) is 5.75 Å². The minimum absolute atomic E-state index is 0.299. The van der Waals surface area contributed by atoms with Crippen molar-refractivity contribution in [1.82, 2.24) is 5.32 Å². The van der Waals surface area contributed by atoms with E-state index in [0.29, 0.717) is 29.1 Å². The number of nitrogens with one attached hydrogen (secondary N) is 2. The summed E-state index contributed by atoms with van der Waals surface area (Å²) >= 11 is 0. The fourth-order valence-corrected chi connectivity index (χ4v) is 2.59. The average molecular weight is 296 g/mol. The molecular weight excluding hydrogens is 280 g/mol. The fraction of sp³-hybridized carbons (Fsp3) is 0.176. The molecule has 2 aromatic carbocycles. The number of carbonyl (C=O) groups excluding carboxylic acids is 2. The van der Waals surface area contributed by atoms with Gasteiger partial charge in [-0.25, -0.2) is 0 Å². The van der Waals surface area contributed by atoms with Crippen LogP contribution in [0.4, 0.5) is 5.69 Å². The Morgan fingerprint density at radius 2 is 1.82 bits per heavy atom. The number of benzene rings is 2. The largest absolute Gasteiger partial charge is 0.508 e. The van der Waals surface area contributed by atoms with Gasteiger partial charge < -0.3 is 10.4 Å². The number of hydrogen-bond donors (Lipinski definition) is 3. The maximum atomic E-state index is 11.8. The number of aromatic hydroxyl groups is 1. The molecule has 0 radical (unpaired) electrons. The minimum Gasteiger partial charge on any atom is -0.508 e. The molecule has 2 amide bonds. The zero-order chi connectivity index (χ0) is 15.5. The van der Waals surface area contributed by atoms with Crippen LogP contribution >= 0.6 is 0 Å². The summed E-state index contributed by atoms with van der Waals surface area (Å²) in [7, 11) is 0. The van der Waals surface area contributed by atoms with Crippen molar-refractivity contribution in [2.75, 3.05) is 11.9 Å². The van der Waals surface area contributed by atoms with Gasteiger partial charge in [0.25, 0.3) is 11.8 Å². The lowest BCUT2D eigenvalue weighted by molar-refractivity contribution is 0.0880. The average Bonchev–Trinajstić information content (AvgIpc) is 2.81. The Morgan fingerprint density at radius 1 is 1.00 bits per heavy atom. The molecule has 0 fully saturated rings. The standard InChI is InChI=1S/C17H16N2O3/c20-14-9-2-1-5-11(14)6-4-10-18-13-8-3-7-12-15(13)17(22)19-16(12)21/h1-3,5,7-9,18,20H,4,6,10H2,(H,19,21,22). The van der Waals surface area contributed by atoms with Gasteiger partial charge in [-0.15, -0.1) is 0 Å². The first kappa shape index (κ1) is 14.1. The third-order valence-electron chi connectivity index (χ3n) is 3.69. The molecule has 1 heterocycles. The highest BCUT2D eigenvalue weighted by atomic mass is 16.3. The van der Waals surface area contributed by atoms with Crippen LogP contribution in [-0.2, 0) is 6.42 Å². The third-order valence-corrected chi connectivity index (χ3v) is 3.69. The van der Waals surface area contributed by atoms with Crippen molar-refractivity contribution in [3.63, 3.8) is 0 Å². The summed E-state index contributed by atoms with van der Waals surface area (Å²) in [6, 6.07) is 12.4. The number of fused-ring (bicyclic) bond motifs is 1. The Bertz CT molecular complexity index is 740. The van der Waals surface area contributed by atoms with Crippen LogP contribution in [0, 0.1) is 0 Å². The van der Waals surface area contributed by atoms with E-state index in [1.54, 1.807) is 30.3 Å². The molecule has 0 saturated heterocycles. The molecule has 0 spiro atoms. The maximum Gasteiger partial charge on any atom is 0.261 e. The predicted octanol–water partition coefficient (Wildman–Crippen LogP) is 2.32. The van der Waals surface area contributed by atoms with Crippen LogP contribution in [0.3, 0.4) is 0 Å². The molecule has 3 N–H and O–H groups in total. The molecular formula is C17H16N2O3. The zero-order valence-electron chi connectivity index (χ0n) is 11.9. The van der Waals surface area contributed by atoms with Crippen LogP contribution in [0.15, 0.2) is 42.5 Å². The van der Waals surface area contributed by atoms with Crippen LogP contribution in [0.25, 0.3) is 0 Å². The number of para-hydroxylation sites is 1. The van der Waals surface area contributed by atoms with Crippen molar-refractivity contribution in [3.8, 4) is 5.75 Å². The summed E-state index contributed by atoms with van der Waals surface area (Å²) in [6.07, 6.45) is 1.54. The van der Waals surface area contributed by atoms with Crippen molar-refractivity contribution in [2.45, 2.75) is 12.8 Å². The smallest absolute Gasteiger partial charge is 0.261 e. The predicted molar refractivity (Wildman–Crippen MR) is 83.2 cm³/mol. The summed E-state index contributed by atoms with van der Waals surface area (Å²) in [5.41, 5.74) is 2.39. The number of amides is 2. The van der Waals surface area contributed by atoms with E-state index < -0.39 is 0 Å². The van der Waals surface area contributed by atoms with E-state index in [1.165, 1.54) is 0 Å². The van der Waals surface area contributed by atoms with Crippen molar-refractivity contribution in [3.05, 3.63) is 59.2 Å². The van der Waals surface area contributed by atoms with E-state index in [1.807, 2.05) is 12.1 Å². The number of anilines is 1. The summed E-state index contributed by atoms with van der Waals surface area (Å²) in [5.74, 6) is -0.408. The monoisotopic (exact) mass is 296 g/mol. The first-order chi connectivity index (χ1) is 10.7. The van der Waals surface area contributed by atoms with Gasteiger partial charge in [0.1, 0.15) is 5.75 Å². The lowest BCUT2D eigenvalue weighted by atomic mass is 10.1. The molecule has 0 saturated carbocycles. The second-order valence-corrected chi connectivity index (χ2v) is 5.17. The molecule has 0 unspecified atom stereocenters. The highest BCUT2D eigenvalue weighted by Crippen LogP contribution is 2.24. The Morgan fingerprint density at radius 3 is 2.64 bits per heavy atom. The van der Waals surface area contributed by atoms with E-state index in [2.05, 4.69) is 10.6 Å². The second-order valence-electron chi connectivity index (χ2n) is 5.17. The molecule has 5 nitrogen and oxygen atoms in total. The van der Waals surface area contributed by atoms with E-state index >= 15 is 0 Å². The van der Waals surface area contributed by atoms with Crippen LogP contribution in [-0.4, -0.2) is 23.5 Å². The number of rotatable bonds is 5. The van der Waals surface area contributed by atoms with Gasteiger partial charge in [-0.2, -0.15) is 0 Å². The maximum absolute atomic E-state index is 11.8. The summed E-state index contributed by atoms with van der Waals surface area (Å²) in [5, 5.41) is 15.2. The van der Waals surface area contributed by atoms with Crippen LogP contribution in [0.2, 0.25) is 0 Å². The number of carbonyl (C=O) groups is 2. The van der Waals surface area contributed by atoms with E-state index in [0.717, 1.165) is 18.4 Å². The van der Waals surface area contributed by atoms with Crippen LogP contribution in [0.1, 0.15) is 32.7 Å². The van der Waals surface area contributed by atoms with Crippen molar-refractivity contribution < 1.29 is 14.7 Å². The number of phenolic OH excluding ortho intramolecular Hbond substituents is 1. The Kier molecular flexibility index (Phi) is 3.78. The third kappa shape index (κ3) is 2.65. The summed E-state index contributed by atoms with van der Waals surface area (Å²) in [6.45, 7) is 0.645. The van der Waals surface area contributed by atoms with Crippen molar-refractivity contribution in [1.29, 1.82) is 0 Å². The highest BCUT2D eigenvalue weighted by molar-refractivity contribution is 6.23. The fourth-order valence-electron chi connectivity index (χ4n) is 2.59. The van der Waals surface area contributed by atoms with Crippen molar-refractivity contribution in [2.24, 2.45) is 0 Å². The molecule has 0 aromatic heterocycles. The molecule has 0 atom stereocenters. The summed E-state index contributed by atoms with van der Waals surface area (Å²) in [4.78, 5) is 23.4. The number of imide groups is 1. The van der Waals surface area contributed by atoms with E-state index in [4.69, 9.17) is 0 Å². The quantitative estimate of drug-likeness (QED) is 0.584. The van der Waals surface area contributed by atoms with Gasteiger partial charge in [-0.05, 0) is 36.6 Å². The van der Waals surface area contributed by atoms with E-state index in [9.17, 15) is 14.7 Å². The van der Waals surface area contributed by atoms with Gasteiger partial charge in [-0.1, -0.05) is 24.3 Å². The first-order valence-electron chi connectivity index (χ1n) is 7.16. The molecule has 5 heteroatoms. The highest BCUT2D eigenvalue weighted by Gasteiger charge is 2.28. The molecule has 1 aliphatic heterocycles. The topological polar surface area (TPSA) is 78.4 Å². The normalized spacial score (nSPS) is 12.9. The molecule has 3 rings (SSSR count). The molecule has 22 heavy (non-hydrogen) atoms. The zero-order valence-corrected chi connectivity index (χ0v) is 11.9. The van der Waals surface area contributed by atoms with Gasteiger partial charge in [0.15, 0.2) is 0 Å². The van der Waals surface area contributed by atoms with Gasteiger partial charge in [0.2, 0.25) is 0 Å². The minimum atomic E-state index is -0.358. The molecule has 1 aliphatic rings. The molecule has 112 valence electrons. The van der Waals surface area contributed by atoms with Crippen LogP contribution < -0.4 is 10.6 Å².